The maximum Gasteiger partial charge on any atom is 0.411 e. The molecule has 1 aliphatic heterocycles. The van der Waals surface area contributed by atoms with Crippen LogP contribution in [0.15, 0.2) is 60.7 Å². The van der Waals surface area contributed by atoms with E-state index in [1.54, 1.807) is 0 Å². The largest absolute Gasteiger partial charge is 0.453 e. The molecule has 1 saturated heterocycles. The van der Waals surface area contributed by atoms with Gasteiger partial charge in [0.05, 0.1) is 0 Å². The second kappa shape index (κ2) is 7.06. The van der Waals surface area contributed by atoms with Crippen LogP contribution >= 0.6 is 0 Å². The van der Waals surface area contributed by atoms with Crippen LogP contribution in [0.1, 0.15) is 44.9 Å². The van der Waals surface area contributed by atoms with Crippen molar-refractivity contribution in [3.05, 3.63) is 71.8 Å². The predicted molar refractivity (Wildman–Crippen MR) is 102 cm³/mol. The van der Waals surface area contributed by atoms with Crippen molar-refractivity contribution in [3.63, 3.8) is 0 Å². The van der Waals surface area contributed by atoms with Gasteiger partial charge in [-0.2, -0.15) is 0 Å². The second-order valence-electron chi connectivity index (χ2n) is 7.86. The molecule has 0 N–H and O–H groups in total. The fraction of sp³-hybridized carbons (Fsp3) is 0.364. The fourth-order valence-corrected chi connectivity index (χ4v) is 3.39. The van der Waals surface area contributed by atoms with Crippen molar-refractivity contribution in [2.45, 2.75) is 44.9 Å². The molecule has 1 amide bonds. The number of ether oxygens (including phenoxy) is 2. The van der Waals surface area contributed by atoms with Crippen molar-refractivity contribution in [2.24, 2.45) is 0 Å². The molecule has 0 radical (unpaired) electrons. The van der Waals surface area contributed by atoms with E-state index < -0.39 is 29.3 Å². The zero-order valence-corrected chi connectivity index (χ0v) is 16.1. The van der Waals surface area contributed by atoms with Crippen LogP contribution in [0, 0.1) is 0 Å². The van der Waals surface area contributed by atoms with Gasteiger partial charge in [0.1, 0.15) is 17.7 Å². The molecule has 5 heteroatoms. The second-order valence-corrected chi connectivity index (χ2v) is 7.86. The minimum absolute atomic E-state index is 0.163. The molecular formula is C22H25NO4. The summed E-state index contributed by atoms with van der Waals surface area (Å²) in [6.45, 7) is 7.17. The molecule has 2 aromatic carbocycles. The van der Waals surface area contributed by atoms with Gasteiger partial charge in [0.25, 0.3) is 0 Å². The number of carbonyl (C=O) groups excluding carboxylic acids is 2. The predicted octanol–water partition coefficient (Wildman–Crippen LogP) is 4.44. The first-order valence-electron chi connectivity index (χ1n) is 9.02. The maximum atomic E-state index is 13.0. The Balaban J connectivity index is 2.13. The lowest BCUT2D eigenvalue weighted by Crippen LogP contribution is -2.59. The van der Waals surface area contributed by atoms with Crippen LogP contribution in [0.3, 0.4) is 0 Å². The minimum atomic E-state index is -0.904. The summed E-state index contributed by atoms with van der Waals surface area (Å²) in [6.07, 6.45) is -1.18. The Hall–Kier alpha value is -2.82. The number of esters is 1. The van der Waals surface area contributed by atoms with E-state index in [1.807, 2.05) is 88.4 Å². The monoisotopic (exact) mass is 367 g/mol. The van der Waals surface area contributed by atoms with E-state index in [2.05, 4.69) is 0 Å². The number of rotatable bonds is 2. The zero-order valence-electron chi connectivity index (χ0n) is 16.1. The van der Waals surface area contributed by atoms with Gasteiger partial charge in [-0.1, -0.05) is 60.7 Å². The van der Waals surface area contributed by atoms with Crippen LogP contribution in [0.25, 0.3) is 0 Å². The van der Waals surface area contributed by atoms with E-state index in [0.717, 1.165) is 11.1 Å². The highest BCUT2D eigenvalue weighted by molar-refractivity contribution is 5.81. The molecule has 1 fully saturated rings. The molecule has 3 rings (SSSR count). The summed E-state index contributed by atoms with van der Waals surface area (Å²) >= 11 is 0. The number of morpholine rings is 1. The van der Waals surface area contributed by atoms with Crippen LogP contribution in [0.5, 0.6) is 0 Å². The highest BCUT2D eigenvalue weighted by Gasteiger charge is 2.52. The number of hydrogen-bond donors (Lipinski definition) is 0. The van der Waals surface area contributed by atoms with Crippen molar-refractivity contribution in [1.29, 1.82) is 0 Å². The van der Waals surface area contributed by atoms with E-state index in [9.17, 15) is 9.59 Å². The standard InChI is InChI=1S/C22H25NO4/c1-21(2,3)27-20(25)23-15-18(24)26-19(16-11-7-5-8-12-16)22(23,4)17-13-9-6-10-14-17/h5-14,19H,15H2,1-4H3/t19-,22?/m0/s1. The highest BCUT2D eigenvalue weighted by atomic mass is 16.6. The van der Waals surface area contributed by atoms with Crippen molar-refractivity contribution < 1.29 is 19.1 Å². The zero-order chi connectivity index (χ0) is 19.7. The third-order valence-corrected chi connectivity index (χ3v) is 4.68. The first kappa shape index (κ1) is 19.0. The van der Waals surface area contributed by atoms with Crippen molar-refractivity contribution in [3.8, 4) is 0 Å². The van der Waals surface area contributed by atoms with Gasteiger partial charge in [-0.15, -0.1) is 0 Å². The third kappa shape index (κ3) is 3.82. The quantitative estimate of drug-likeness (QED) is 0.737. The topological polar surface area (TPSA) is 55.8 Å². The Bertz CT molecular complexity index is 813. The van der Waals surface area contributed by atoms with E-state index >= 15 is 0 Å². The summed E-state index contributed by atoms with van der Waals surface area (Å²) in [5.74, 6) is -0.455. The average molecular weight is 367 g/mol. The van der Waals surface area contributed by atoms with Crippen LogP contribution in [-0.2, 0) is 19.8 Å². The lowest BCUT2D eigenvalue weighted by molar-refractivity contribution is -0.176. The molecule has 1 aliphatic rings. The van der Waals surface area contributed by atoms with E-state index in [4.69, 9.17) is 9.47 Å². The maximum absolute atomic E-state index is 13.0. The Morgan fingerprint density at radius 3 is 2.19 bits per heavy atom. The summed E-state index contributed by atoms with van der Waals surface area (Å²) in [5, 5.41) is 0. The van der Waals surface area contributed by atoms with Gasteiger partial charge in [-0.05, 0) is 38.8 Å². The molecule has 27 heavy (non-hydrogen) atoms. The molecule has 5 nitrogen and oxygen atoms in total. The molecule has 142 valence electrons. The number of amides is 1. The number of benzene rings is 2. The highest BCUT2D eigenvalue weighted by Crippen LogP contribution is 2.45. The first-order valence-corrected chi connectivity index (χ1v) is 9.02. The summed E-state index contributed by atoms with van der Waals surface area (Å²) < 4.78 is 11.4. The van der Waals surface area contributed by atoms with Crippen molar-refractivity contribution in [2.75, 3.05) is 6.54 Å². The van der Waals surface area contributed by atoms with Gasteiger partial charge < -0.3 is 9.47 Å². The van der Waals surface area contributed by atoms with E-state index in [1.165, 1.54) is 4.90 Å². The summed E-state index contributed by atoms with van der Waals surface area (Å²) in [7, 11) is 0. The van der Waals surface area contributed by atoms with Crippen molar-refractivity contribution in [1.82, 2.24) is 4.90 Å². The summed E-state index contributed by atoms with van der Waals surface area (Å²) in [4.78, 5) is 26.9. The van der Waals surface area contributed by atoms with Gasteiger partial charge in [0, 0.05) is 0 Å². The van der Waals surface area contributed by atoms with Crippen LogP contribution < -0.4 is 0 Å². The average Bonchev–Trinajstić information content (AvgIpc) is 2.63. The molecule has 0 saturated carbocycles. The van der Waals surface area contributed by atoms with E-state index in [-0.39, 0.29) is 6.54 Å². The van der Waals surface area contributed by atoms with Crippen molar-refractivity contribution >= 4 is 12.1 Å². The minimum Gasteiger partial charge on any atom is -0.453 e. The lowest BCUT2D eigenvalue weighted by Gasteiger charge is -2.49. The number of cyclic esters (lactones) is 1. The van der Waals surface area contributed by atoms with Gasteiger partial charge >= 0.3 is 12.1 Å². The third-order valence-electron chi connectivity index (χ3n) is 4.68. The Labute approximate surface area is 159 Å². The fourth-order valence-electron chi connectivity index (χ4n) is 3.39. The van der Waals surface area contributed by atoms with Crippen LogP contribution in [0.4, 0.5) is 4.79 Å². The van der Waals surface area contributed by atoms with Gasteiger partial charge in [0.15, 0.2) is 6.10 Å². The number of hydrogen-bond acceptors (Lipinski definition) is 4. The van der Waals surface area contributed by atoms with Crippen LogP contribution in [-0.4, -0.2) is 29.1 Å². The number of carbonyl (C=O) groups is 2. The van der Waals surface area contributed by atoms with Crippen LogP contribution in [0.2, 0.25) is 0 Å². The molecule has 0 aromatic heterocycles. The molecule has 0 bridgehead atoms. The first-order chi connectivity index (χ1) is 12.7. The number of nitrogens with zero attached hydrogens (tertiary/aromatic N) is 1. The lowest BCUT2D eigenvalue weighted by atomic mass is 9.80. The van der Waals surface area contributed by atoms with Gasteiger partial charge in [0.2, 0.25) is 0 Å². The summed E-state index contributed by atoms with van der Waals surface area (Å²) in [6, 6.07) is 19.1. The Morgan fingerprint density at radius 1 is 1.07 bits per heavy atom. The molecular weight excluding hydrogens is 342 g/mol. The molecule has 1 unspecified atom stereocenters. The summed E-state index contributed by atoms with van der Waals surface area (Å²) in [5.41, 5.74) is 0.125. The Kier molecular flexibility index (Phi) is 4.96. The van der Waals surface area contributed by atoms with Gasteiger partial charge in [-0.3, -0.25) is 9.69 Å². The SMILES string of the molecule is CC(C)(C)OC(=O)N1CC(=O)O[C@@H](c2ccccc2)C1(C)c1ccccc1. The molecule has 1 heterocycles. The van der Waals surface area contributed by atoms with E-state index in [0.29, 0.717) is 0 Å². The normalized spacial score (nSPS) is 22.9. The molecule has 2 aromatic rings. The van der Waals surface area contributed by atoms with Gasteiger partial charge in [-0.25, -0.2) is 4.79 Å². The molecule has 2 atom stereocenters. The molecule has 0 aliphatic carbocycles. The Morgan fingerprint density at radius 2 is 1.63 bits per heavy atom. The molecule has 0 spiro atoms. The smallest absolute Gasteiger partial charge is 0.411 e.